The first-order chi connectivity index (χ1) is 14.6. The molecule has 162 valence electrons. The highest BCUT2D eigenvalue weighted by molar-refractivity contribution is 5.43. The van der Waals surface area contributed by atoms with E-state index in [9.17, 15) is 5.11 Å². The molecule has 0 spiro atoms. The molecular formula is C25H33NO4. The fraction of sp³-hybridized carbons (Fsp3) is 0.520. The molecule has 1 heterocycles. The summed E-state index contributed by atoms with van der Waals surface area (Å²) in [6, 6.07) is 14.2. The number of piperidine rings is 1. The molecule has 5 heteroatoms. The van der Waals surface area contributed by atoms with Crippen LogP contribution in [0.15, 0.2) is 42.5 Å². The SMILES string of the molecule is CCOc1ccc(CN2C[C@H]3CCC[C@H](C2)C3(O)c2ccc(OC)cc2)cc1OC. The first kappa shape index (κ1) is 21.0. The van der Waals surface area contributed by atoms with Gasteiger partial charge in [-0.2, -0.15) is 0 Å². The molecule has 0 unspecified atom stereocenters. The summed E-state index contributed by atoms with van der Waals surface area (Å²) in [7, 11) is 3.36. The van der Waals surface area contributed by atoms with E-state index in [0.29, 0.717) is 6.61 Å². The third-order valence-corrected chi connectivity index (χ3v) is 6.79. The Hall–Kier alpha value is -2.24. The Labute approximate surface area is 179 Å². The Morgan fingerprint density at radius 2 is 1.67 bits per heavy atom. The molecule has 30 heavy (non-hydrogen) atoms. The molecule has 0 aromatic heterocycles. The van der Waals surface area contributed by atoms with Gasteiger partial charge in [0.05, 0.1) is 26.4 Å². The van der Waals surface area contributed by atoms with Gasteiger partial charge in [0.15, 0.2) is 11.5 Å². The van der Waals surface area contributed by atoms with E-state index in [0.717, 1.165) is 55.3 Å². The van der Waals surface area contributed by atoms with Crippen LogP contribution < -0.4 is 14.2 Å². The lowest BCUT2D eigenvalue weighted by molar-refractivity contribution is -0.148. The fourth-order valence-electron chi connectivity index (χ4n) is 5.34. The first-order valence-corrected chi connectivity index (χ1v) is 11.0. The van der Waals surface area contributed by atoms with Gasteiger partial charge in [-0.05, 0) is 55.2 Å². The second-order valence-electron chi connectivity index (χ2n) is 8.49. The molecule has 0 amide bonds. The van der Waals surface area contributed by atoms with E-state index in [-0.39, 0.29) is 11.8 Å². The van der Waals surface area contributed by atoms with Gasteiger partial charge < -0.3 is 19.3 Å². The Balaban J connectivity index is 1.52. The van der Waals surface area contributed by atoms with Gasteiger partial charge in [-0.3, -0.25) is 4.90 Å². The minimum Gasteiger partial charge on any atom is -0.497 e. The van der Waals surface area contributed by atoms with Crippen molar-refractivity contribution in [1.29, 1.82) is 0 Å². The zero-order valence-corrected chi connectivity index (χ0v) is 18.3. The number of benzene rings is 2. The molecule has 2 bridgehead atoms. The number of aliphatic hydroxyl groups is 1. The maximum Gasteiger partial charge on any atom is 0.161 e. The van der Waals surface area contributed by atoms with Gasteiger partial charge in [0, 0.05) is 31.5 Å². The van der Waals surface area contributed by atoms with Gasteiger partial charge in [0.25, 0.3) is 0 Å². The minimum atomic E-state index is -0.752. The highest BCUT2D eigenvalue weighted by Gasteiger charge is 2.51. The number of ether oxygens (including phenoxy) is 3. The third kappa shape index (κ3) is 3.88. The molecule has 0 radical (unpaired) electrons. The molecule has 1 saturated carbocycles. The fourth-order valence-corrected chi connectivity index (χ4v) is 5.34. The van der Waals surface area contributed by atoms with Crippen molar-refractivity contribution in [3.8, 4) is 17.2 Å². The summed E-state index contributed by atoms with van der Waals surface area (Å²) in [4.78, 5) is 2.49. The van der Waals surface area contributed by atoms with E-state index in [4.69, 9.17) is 14.2 Å². The van der Waals surface area contributed by atoms with Crippen LogP contribution in [0, 0.1) is 11.8 Å². The molecule has 5 nitrogen and oxygen atoms in total. The van der Waals surface area contributed by atoms with Crippen LogP contribution in [0.2, 0.25) is 0 Å². The van der Waals surface area contributed by atoms with Crippen molar-refractivity contribution in [3.05, 3.63) is 53.6 Å². The van der Waals surface area contributed by atoms with Crippen molar-refractivity contribution in [2.24, 2.45) is 11.8 Å². The van der Waals surface area contributed by atoms with Crippen molar-refractivity contribution in [1.82, 2.24) is 4.90 Å². The standard InChI is InChI=1S/C25H33NO4/c1-4-30-23-13-8-18(14-24(23)29-3)15-26-16-20-6-5-7-21(17-26)25(20,27)19-9-11-22(28-2)12-10-19/h8-14,20-21,27H,4-7,15-17H2,1-3H3/t20-,21-/m1/s1. The normalized spacial score (nSPS) is 26.3. The van der Waals surface area contributed by atoms with Crippen molar-refractivity contribution in [2.45, 2.75) is 38.3 Å². The van der Waals surface area contributed by atoms with Crippen molar-refractivity contribution in [3.63, 3.8) is 0 Å². The molecule has 1 N–H and O–H groups in total. The van der Waals surface area contributed by atoms with E-state index < -0.39 is 5.60 Å². The van der Waals surface area contributed by atoms with Crippen LogP contribution >= 0.6 is 0 Å². The number of fused-ring (bicyclic) bond motifs is 2. The third-order valence-electron chi connectivity index (χ3n) is 6.79. The highest BCUT2D eigenvalue weighted by Crippen LogP contribution is 2.49. The maximum atomic E-state index is 11.8. The highest BCUT2D eigenvalue weighted by atomic mass is 16.5. The molecular weight excluding hydrogens is 378 g/mol. The van der Waals surface area contributed by atoms with E-state index in [1.807, 2.05) is 37.3 Å². The van der Waals surface area contributed by atoms with Crippen molar-refractivity contribution >= 4 is 0 Å². The van der Waals surface area contributed by atoms with Crippen LogP contribution in [0.1, 0.15) is 37.3 Å². The molecule has 2 aromatic rings. The van der Waals surface area contributed by atoms with Gasteiger partial charge >= 0.3 is 0 Å². The number of hydrogen-bond acceptors (Lipinski definition) is 5. The van der Waals surface area contributed by atoms with E-state index in [1.165, 1.54) is 12.0 Å². The number of rotatable bonds is 7. The Kier molecular flexibility index (Phi) is 6.21. The second-order valence-corrected chi connectivity index (χ2v) is 8.49. The smallest absolute Gasteiger partial charge is 0.161 e. The lowest BCUT2D eigenvalue weighted by Gasteiger charge is -2.53. The molecule has 2 atom stereocenters. The zero-order valence-electron chi connectivity index (χ0n) is 18.3. The second kappa shape index (κ2) is 8.86. The lowest BCUT2D eigenvalue weighted by Crippen LogP contribution is -2.57. The monoisotopic (exact) mass is 411 g/mol. The molecule has 4 rings (SSSR count). The Bertz CT molecular complexity index is 837. The van der Waals surface area contributed by atoms with Crippen molar-refractivity contribution in [2.75, 3.05) is 33.9 Å². The Morgan fingerprint density at radius 1 is 0.967 bits per heavy atom. The summed E-state index contributed by atoms with van der Waals surface area (Å²) < 4.78 is 16.5. The lowest BCUT2D eigenvalue weighted by atomic mass is 9.62. The Morgan fingerprint density at radius 3 is 2.27 bits per heavy atom. The zero-order chi connectivity index (χ0) is 21.1. The van der Waals surface area contributed by atoms with E-state index in [1.54, 1.807) is 14.2 Å². The minimum absolute atomic E-state index is 0.239. The summed E-state index contributed by atoms with van der Waals surface area (Å²) in [5.74, 6) is 2.87. The van der Waals surface area contributed by atoms with E-state index in [2.05, 4.69) is 17.0 Å². The van der Waals surface area contributed by atoms with Gasteiger partial charge in [0.2, 0.25) is 0 Å². The first-order valence-electron chi connectivity index (χ1n) is 11.0. The van der Waals surface area contributed by atoms with Crippen LogP contribution in [0.4, 0.5) is 0 Å². The average Bonchev–Trinajstić information content (AvgIpc) is 2.75. The predicted molar refractivity (Wildman–Crippen MR) is 117 cm³/mol. The average molecular weight is 412 g/mol. The quantitative estimate of drug-likeness (QED) is 0.739. The van der Waals surface area contributed by atoms with Gasteiger partial charge in [-0.25, -0.2) is 0 Å². The van der Waals surface area contributed by atoms with Crippen LogP contribution in [0.25, 0.3) is 0 Å². The summed E-state index contributed by atoms with van der Waals surface area (Å²) in [6.45, 7) is 5.25. The van der Waals surface area contributed by atoms with Gasteiger partial charge in [-0.15, -0.1) is 0 Å². The molecule has 2 fully saturated rings. The number of nitrogens with zero attached hydrogens (tertiary/aromatic N) is 1. The van der Waals surface area contributed by atoms with Crippen LogP contribution in [0.5, 0.6) is 17.2 Å². The van der Waals surface area contributed by atoms with E-state index >= 15 is 0 Å². The predicted octanol–water partition coefficient (Wildman–Crippen LogP) is 4.22. The largest absolute Gasteiger partial charge is 0.497 e. The van der Waals surface area contributed by atoms with Crippen LogP contribution in [-0.2, 0) is 12.1 Å². The van der Waals surface area contributed by atoms with Gasteiger partial charge in [0.1, 0.15) is 5.75 Å². The number of hydrogen-bond donors (Lipinski definition) is 1. The molecule has 1 aliphatic carbocycles. The van der Waals surface area contributed by atoms with Gasteiger partial charge in [-0.1, -0.05) is 24.6 Å². The van der Waals surface area contributed by atoms with Crippen molar-refractivity contribution < 1.29 is 19.3 Å². The molecule has 1 saturated heterocycles. The summed E-state index contributed by atoms with van der Waals surface area (Å²) in [5, 5.41) is 11.8. The molecule has 2 aromatic carbocycles. The summed E-state index contributed by atoms with van der Waals surface area (Å²) in [6.07, 6.45) is 3.31. The summed E-state index contributed by atoms with van der Waals surface area (Å²) in [5.41, 5.74) is 1.49. The number of methoxy groups -OCH3 is 2. The summed E-state index contributed by atoms with van der Waals surface area (Å²) >= 11 is 0. The molecule has 1 aliphatic heterocycles. The number of likely N-dealkylation sites (tertiary alicyclic amines) is 1. The van der Waals surface area contributed by atoms with Crippen LogP contribution in [-0.4, -0.2) is 43.9 Å². The molecule has 2 aliphatic rings. The topological polar surface area (TPSA) is 51.2 Å². The van der Waals surface area contributed by atoms with Crippen LogP contribution in [0.3, 0.4) is 0 Å². The maximum absolute atomic E-state index is 11.8.